The number of nitrogens with one attached hydrogen (secondary N) is 1. The van der Waals surface area contributed by atoms with Gasteiger partial charge < -0.3 is 14.6 Å². The Morgan fingerprint density at radius 3 is 2.58 bits per heavy atom. The molecule has 0 bridgehead atoms. The van der Waals surface area contributed by atoms with Crippen LogP contribution in [-0.2, 0) is 11.3 Å². The predicted octanol–water partition coefficient (Wildman–Crippen LogP) is 4.33. The van der Waals surface area contributed by atoms with Gasteiger partial charge in [-0.25, -0.2) is 4.98 Å². The van der Waals surface area contributed by atoms with Crippen LogP contribution in [0, 0.1) is 5.92 Å². The van der Waals surface area contributed by atoms with Crippen LogP contribution in [0.2, 0.25) is 0 Å². The number of nitrogens with zero attached hydrogens (tertiary/aromatic N) is 3. The molecule has 6 heteroatoms. The lowest BCUT2D eigenvalue weighted by Crippen LogP contribution is -2.41. The van der Waals surface area contributed by atoms with Gasteiger partial charge in [0.1, 0.15) is 5.65 Å². The van der Waals surface area contributed by atoms with Crippen LogP contribution >= 0.6 is 0 Å². The average Bonchev–Trinajstić information content (AvgIpc) is 3.35. The maximum atomic E-state index is 12.8. The summed E-state index contributed by atoms with van der Waals surface area (Å²) in [6.07, 6.45) is 14.8. The van der Waals surface area contributed by atoms with Crippen molar-refractivity contribution in [3.8, 4) is 0 Å². The zero-order valence-corrected chi connectivity index (χ0v) is 18.8. The number of imidazole rings is 1. The Balaban J connectivity index is 1.13. The zero-order valence-electron chi connectivity index (χ0n) is 18.8. The molecule has 2 amide bonds. The number of rotatable bonds is 5. The van der Waals surface area contributed by atoms with Crippen molar-refractivity contribution in [3.05, 3.63) is 83.8 Å². The zero-order chi connectivity index (χ0) is 22.6. The highest BCUT2D eigenvalue weighted by Gasteiger charge is 2.28. The van der Waals surface area contributed by atoms with E-state index in [2.05, 4.69) is 39.5 Å². The summed E-state index contributed by atoms with van der Waals surface area (Å²) in [4.78, 5) is 31.7. The molecular weight excluding hydrogens is 412 g/mol. The first-order valence-corrected chi connectivity index (χ1v) is 11.9. The lowest BCUT2D eigenvalue weighted by Gasteiger charge is -2.34. The van der Waals surface area contributed by atoms with Crippen LogP contribution < -0.4 is 5.32 Å². The maximum absolute atomic E-state index is 12.8. The Bertz CT molecular complexity index is 1160. The number of pyridine rings is 1. The van der Waals surface area contributed by atoms with E-state index in [1.807, 2.05) is 41.1 Å². The molecule has 1 aromatic carbocycles. The van der Waals surface area contributed by atoms with Crippen molar-refractivity contribution in [3.63, 3.8) is 0 Å². The molecule has 0 saturated carbocycles. The highest BCUT2D eigenvalue weighted by Crippen LogP contribution is 2.30. The van der Waals surface area contributed by atoms with Crippen LogP contribution in [0.25, 0.3) is 5.65 Å². The van der Waals surface area contributed by atoms with Gasteiger partial charge in [0.25, 0.3) is 5.91 Å². The van der Waals surface area contributed by atoms with E-state index in [-0.39, 0.29) is 11.8 Å². The molecule has 1 fully saturated rings. The average molecular weight is 443 g/mol. The normalized spacial score (nSPS) is 19.0. The molecule has 1 N–H and O–H groups in total. The predicted molar refractivity (Wildman–Crippen MR) is 128 cm³/mol. The Kier molecular flexibility index (Phi) is 6.24. The quantitative estimate of drug-likeness (QED) is 0.598. The summed E-state index contributed by atoms with van der Waals surface area (Å²) < 4.78 is 1.94. The molecule has 3 heterocycles. The number of fused-ring (bicyclic) bond motifs is 1. The molecule has 2 aliphatic rings. The van der Waals surface area contributed by atoms with Gasteiger partial charge in [0.05, 0.1) is 0 Å². The third kappa shape index (κ3) is 4.85. The van der Waals surface area contributed by atoms with Crippen LogP contribution in [0.3, 0.4) is 0 Å². The second-order valence-corrected chi connectivity index (χ2v) is 9.11. The number of allylic oxidation sites excluding steroid dienone is 2. The van der Waals surface area contributed by atoms with Gasteiger partial charge in [-0.1, -0.05) is 24.3 Å². The number of hydrogen-bond donors (Lipinski definition) is 1. The Labute approximate surface area is 194 Å². The second-order valence-electron chi connectivity index (χ2n) is 9.11. The van der Waals surface area contributed by atoms with Crippen LogP contribution in [-0.4, -0.2) is 39.2 Å². The van der Waals surface area contributed by atoms with E-state index in [0.29, 0.717) is 23.9 Å². The van der Waals surface area contributed by atoms with Crippen LogP contribution in [0.1, 0.15) is 59.5 Å². The number of piperidine rings is 1. The first-order chi connectivity index (χ1) is 16.2. The van der Waals surface area contributed by atoms with E-state index < -0.39 is 0 Å². The summed E-state index contributed by atoms with van der Waals surface area (Å²) in [5.74, 6) is 0.869. The van der Waals surface area contributed by atoms with Crippen molar-refractivity contribution < 1.29 is 9.59 Å². The number of aromatic nitrogens is 2. The topological polar surface area (TPSA) is 66.7 Å². The van der Waals surface area contributed by atoms with Crippen molar-refractivity contribution in [2.75, 3.05) is 13.1 Å². The van der Waals surface area contributed by atoms with E-state index in [4.69, 9.17) is 0 Å². The van der Waals surface area contributed by atoms with Crippen LogP contribution in [0.5, 0.6) is 0 Å². The number of amides is 2. The summed E-state index contributed by atoms with van der Waals surface area (Å²) in [7, 11) is 0. The molecule has 1 aliphatic heterocycles. The lowest BCUT2D eigenvalue weighted by atomic mass is 9.87. The molecule has 1 saturated heterocycles. The number of carbonyl (C=O) groups excluding carboxylic acids is 2. The Hall–Kier alpha value is -3.41. The van der Waals surface area contributed by atoms with E-state index in [9.17, 15) is 9.59 Å². The van der Waals surface area contributed by atoms with Gasteiger partial charge >= 0.3 is 0 Å². The Morgan fingerprint density at radius 1 is 1.00 bits per heavy atom. The van der Waals surface area contributed by atoms with Crippen molar-refractivity contribution in [2.24, 2.45) is 5.92 Å². The molecule has 2 aromatic heterocycles. The summed E-state index contributed by atoms with van der Waals surface area (Å²) in [6.45, 7) is 2.12. The molecule has 5 rings (SSSR count). The number of carbonyl (C=O) groups is 2. The molecule has 0 spiro atoms. The summed E-state index contributed by atoms with van der Waals surface area (Å²) in [5.41, 5.74) is 3.81. The molecule has 170 valence electrons. The summed E-state index contributed by atoms with van der Waals surface area (Å²) in [6, 6.07) is 11.9. The van der Waals surface area contributed by atoms with Gasteiger partial charge in [-0.2, -0.15) is 0 Å². The smallest absolute Gasteiger partial charge is 0.251 e. The molecule has 0 radical (unpaired) electrons. The molecule has 1 atom stereocenters. The van der Waals surface area contributed by atoms with Crippen molar-refractivity contribution in [1.82, 2.24) is 19.6 Å². The van der Waals surface area contributed by atoms with Crippen molar-refractivity contribution in [1.29, 1.82) is 0 Å². The highest BCUT2D eigenvalue weighted by atomic mass is 16.2. The third-order valence-corrected chi connectivity index (χ3v) is 6.98. The van der Waals surface area contributed by atoms with Gasteiger partial charge in [0.15, 0.2) is 0 Å². The first-order valence-electron chi connectivity index (χ1n) is 11.9. The third-order valence-electron chi connectivity index (χ3n) is 6.98. The molecule has 6 nitrogen and oxygen atoms in total. The van der Waals surface area contributed by atoms with E-state index in [1.165, 1.54) is 5.56 Å². The van der Waals surface area contributed by atoms with Gasteiger partial charge in [0, 0.05) is 49.7 Å². The Morgan fingerprint density at radius 2 is 1.82 bits per heavy atom. The van der Waals surface area contributed by atoms with Crippen LogP contribution in [0.4, 0.5) is 0 Å². The fourth-order valence-electron chi connectivity index (χ4n) is 4.96. The maximum Gasteiger partial charge on any atom is 0.251 e. The van der Waals surface area contributed by atoms with Crippen molar-refractivity contribution >= 4 is 17.5 Å². The molecule has 1 unspecified atom stereocenters. The van der Waals surface area contributed by atoms with E-state index in [1.54, 1.807) is 6.20 Å². The highest BCUT2D eigenvalue weighted by molar-refractivity contribution is 5.94. The minimum atomic E-state index is -0.0771. The fraction of sp³-hybridized carbons (Fsp3) is 0.370. The molecular formula is C27H30N4O2. The largest absolute Gasteiger partial charge is 0.348 e. The first kappa shape index (κ1) is 21.4. The second kappa shape index (κ2) is 9.61. The number of benzene rings is 1. The molecule has 3 aromatic rings. The standard InChI is InChI=1S/C27H30N4O2/c32-26(29-19-20-10-14-30-17-13-28-25(30)18-20)23-8-6-21(7-9-23)22-11-15-31(16-12-22)27(33)24-4-2-1-3-5-24/h1-2,6-10,13-14,17-18,22,24H,3-5,11-12,15-16,19H2,(H,29,32). The minimum Gasteiger partial charge on any atom is -0.348 e. The summed E-state index contributed by atoms with van der Waals surface area (Å²) in [5, 5.41) is 3.00. The van der Waals surface area contributed by atoms with Crippen molar-refractivity contribution in [2.45, 2.75) is 44.6 Å². The van der Waals surface area contributed by atoms with Crippen LogP contribution in [0.15, 0.2) is 67.1 Å². The number of hydrogen-bond acceptors (Lipinski definition) is 3. The van der Waals surface area contributed by atoms with E-state index in [0.717, 1.165) is 56.4 Å². The van der Waals surface area contributed by atoms with Gasteiger partial charge in [-0.15, -0.1) is 0 Å². The lowest BCUT2D eigenvalue weighted by molar-refractivity contribution is -0.136. The number of likely N-dealkylation sites (tertiary alicyclic amines) is 1. The summed E-state index contributed by atoms with van der Waals surface area (Å²) >= 11 is 0. The van der Waals surface area contributed by atoms with Gasteiger partial charge in [-0.3, -0.25) is 9.59 Å². The minimum absolute atomic E-state index is 0.0771. The van der Waals surface area contributed by atoms with Gasteiger partial charge in [-0.05, 0) is 73.4 Å². The monoisotopic (exact) mass is 442 g/mol. The van der Waals surface area contributed by atoms with Gasteiger partial charge in [0.2, 0.25) is 5.91 Å². The van der Waals surface area contributed by atoms with E-state index >= 15 is 0 Å². The SMILES string of the molecule is O=C(NCc1ccn2ccnc2c1)c1ccc(C2CCN(C(=O)C3CC=CCC3)CC2)cc1. The fourth-order valence-corrected chi connectivity index (χ4v) is 4.96. The molecule has 1 aliphatic carbocycles. The molecule has 33 heavy (non-hydrogen) atoms.